The Morgan fingerprint density at radius 3 is 2.25 bits per heavy atom. The topological polar surface area (TPSA) is 78.7 Å². The van der Waals surface area contributed by atoms with Gasteiger partial charge in [-0.3, -0.25) is 9.59 Å². The van der Waals surface area contributed by atoms with E-state index in [9.17, 15) is 9.59 Å². The van der Waals surface area contributed by atoms with Crippen molar-refractivity contribution in [2.75, 3.05) is 46.5 Å². The Morgan fingerprint density at radius 2 is 1.70 bits per heavy atom. The van der Waals surface area contributed by atoms with Gasteiger partial charge in [-0.05, 0) is 38.4 Å². The van der Waals surface area contributed by atoms with Crippen molar-refractivity contribution in [1.29, 1.82) is 0 Å². The van der Waals surface area contributed by atoms with Crippen molar-refractivity contribution in [3.63, 3.8) is 0 Å². The third-order valence-electron chi connectivity index (χ3n) is 2.88. The quantitative estimate of drug-likeness (QED) is 0.719. The normalized spacial score (nSPS) is 10.4. The second-order valence-electron chi connectivity index (χ2n) is 4.92. The van der Waals surface area contributed by atoms with Gasteiger partial charge in [0.2, 0.25) is 5.91 Å². The molecule has 0 aliphatic carbocycles. The first-order chi connectivity index (χ1) is 9.40. The summed E-state index contributed by atoms with van der Waals surface area (Å²) < 4.78 is 0. The molecule has 0 spiro atoms. The fraction of sp³-hybridized carbons (Fsp3) is 0.429. The van der Waals surface area contributed by atoms with Crippen molar-refractivity contribution in [2.24, 2.45) is 0 Å². The Kier molecular flexibility index (Phi) is 5.99. The molecule has 0 bridgehead atoms. The summed E-state index contributed by atoms with van der Waals surface area (Å²) in [5, 5.41) is 2.60. The fourth-order valence-corrected chi connectivity index (χ4v) is 1.50. The highest BCUT2D eigenvalue weighted by atomic mass is 16.2. The van der Waals surface area contributed by atoms with Gasteiger partial charge in [0.05, 0.1) is 6.54 Å². The highest BCUT2D eigenvalue weighted by molar-refractivity contribution is 5.96. The highest BCUT2D eigenvalue weighted by Gasteiger charge is 2.11. The Labute approximate surface area is 119 Å². The zero-order valence-corrected chi connectivity index (χ0v) is 12.2. The maximum absolute atomic E-state index is 11.8. The molecule has 0 heterocycles. The minimum absolute atomic E-state index is 0.00681. The molecule has 0 aliphatic rings. The largest absolute Gasteiger partial charge is 0.399 e. The molecule has 1 rings (SSSR count). The van der Waals surface area contributed by atoms with E-state index in [1.165, 1.54) is 0 Å². The first kappa shape index (κ1) is 16.0. The Hall–Kier alpha value is -2.08. The molecule has 0 atom stereocenters. The molecule has 0 saturated heterocycles. The van der Waals surface area contributed by atoms with Crippen LogP contribution >= 0.6 is 0 Å². The summed E-state index contributed by atoms with van der Waals surface area (Å²) in [5.74, 6) is -0.394. The standard InChI is InChI=1S/C14H22N4O2/c1-17(2)8-9-18(3)13(19)10-16-14(20)11-4-6-12(15)7-5-11/h4-7H,8-10,15H2,1-3H3,(H,16,20). The highest BCUT2D eigenvalue weighted by Crippen LogP contribution is 2.04. The summed E-state index contributed by atoms with van der Waals surface area (Å²) >= 11 is 0. The Balaban J connectivity index is 2.40. The molecule has 0 saturated carbocycles. The van der Waals surface area contributed by atoms with E-state index in [1.807, 2.05) is 19.0 Å². The molecule has 3 N–H and O–H groups in total. The van der Waals surface area contributed by atoms with Crippen LogP contribution in [-0.4, -0.2) is 62.4 Å². The van der Waals surface area contributed by atoms with Crippen molar-refractivity contribution in [3.05, 3.63) is 29.8 Å². The first-order valence-electron chi connectivity index (χ1n) is 6.42. The van der Waals surface area contributed by atoms with Gasteiger partial charge in [0.25, 0.3) is 5.91 Å². The van der Waals surface area contributed by atoms with E-state index in [0.29, 0.717) is 17.8 Å². The van der Waals surface area contributed by atoms with Gasteiger partial charge in [0.1, 0.15) is 0 Å². The predicted molar refractivity (Wildman–Crippen MR) is 79.4 cm³/mol. The number of rotatable bonds is 6. The van der Waals surface area contributed by atoms with E-state index in [4.69, 9.17) is 5.73 Å². The van der Waals surface area contributed by atoms with Crippen LogP contribution in [0.2, 0.25) is 0 Å². The molecule has 0 aliphatic heterocycles. The lowest BCUT2D eigenvalue weighted by molar-refractivity contribution is -0.128. The minimum Gasteiger partial charge on any atom is -0.399 e. The predicted octanol–water partition coefficient (Wildman–Crippen LogP) is 0.0186. The lowest BCUT2D eigenvalue weighted by Crippen LogP contribution is -2.40. The molecule has 0 aromatic heterocycles. The Morgan fingerprint density at radius 1 is 1.10 bits per heavy atom. The molecular weight excluding hydrogens is 256 g/mol. The maximum Gasteiger partial charge on any atom is 0.251 e. The summed E-state index contributed by atoms with van der Waals surface area (Å²) in [5.41, 5.74) is 6.64. The number of anilines is 1. The number of nitrogens with two attached hydrogens (primary N) is 1. The third-order valence-corrected chi connectivity index (χ3v) is 2.88. The van der Waals surface area contributed by atoms with E-state index >= 15 is 0 Å². The number of nitrogens with zero attached hydrogens (tertiary/aromatic N) is 2. The van der Waals surface area contributed by atoms with Crippen LogP contribution in [0.25, 0.3) is 0 Å². The van der Waals surface area contributed by atoms with Crippen LogP contribution in [0.4, 0.5) is 5.69 Å². The van der Waals surface area contributed by atoms with Crippen LogP contribution in [0, 0.1) is 0 Å². The number of hydrogen-bond donors (Lipinski definition) is 2. The lowest BCUT2D eigenvalue weighted by Gasteiger charge is -2.19. The number of carbonyl (C=O) groups is 2. The molecule has 6 heteroatoms. The summed E-state index contributed by atoms with van der Waals surface area (Å²) in [6.45, 7) is 1.41. The van der Waals surface area contributed by atoms with Crippen molar-refractivity contribution >= 4 is 17.5 Å². The number of amides is 2. The monoisotopic (exact) mass is 278 g/mol. The molecule has 110 valence electrons. The smallest absolute Gasteiger partial charge is 0.251 e. The van der Waals surface area contributed by atoms with E-state index in [-0.39, 0.29) is 18.4 Å². The summed E-state index contributed by atoms with van der Waals surface area (Å²) in [7, 11) is 5.61. The van der Waals surface area contributed by atoms with E-state index in [0.717, 1.165) is 6.54 Å². The van der Waals surface area contributed by atoms with Crippen LogP contribution in [0.1, 0.15) is 10.4 Å². The SMILES string of the molecule is CN(C)CCN(C)C(=O)CNC(=O)c1ccc(N)cc1. The number of nitrogens with one attached hydrogen (secondary N) is 1. The van der Waals surface area contributed by atoms with Crippen LogP contribution < -0.4 is 11.1 Å². The average Bonchev–Trinajstić information content (AvgIpc) is 2.42. The molecular formula is C14H22N4O2. The van der Waals surface area contributed by atoms with Crippen LogP contribution in [-0.2, 0) is 4.79 Å². The number of hydrogen-bond acceptors (Lipinski definition) is 4. The average molecular weight is 278 g/mol. The molecule has 6 nitrogen and oxygen atoms in total. The Bertz CT molecular complexity index is 457. The van der Waals surface area contributed by atoms with Crippen LogP contribution in [0.5, 0.6) is 0 Å². The van der Waals surface area contributed by atoms with Crippen molar-refractivity contribution in [1.82, 2.24) is 15.1 Å². The van der Waals surface area contributed by atoms with E-state index in [1.54, 1.807) is 36.2 Å². The van der Waals surface area contributed by atoms with Gasteiger partial charge >= 0.3 is 0 Å². The van der Waals surface area contributed by atoms with Gasteiger partial charge in [-0.1, -0.05) is 0 Å². The molecule has 2 amide bonds. The van der Waals surface area contributed by atoms with Gasteiger partial charge in [-0.25, -0.2) is 0 Å². The molecule has 0 fully saturated rings. The van der Waals surface area contributed by atoms with E-state index in [2.05, 4.69) is 5.32 Å². The van der Waals surface area contributed by atoms with Gasteiger partial charge in [-0.15, -0.1) is 0 Å². The van der Waals surface area contributed by atoms with E-state index < -0.39 is 0 Å². The zero-order valence-electron chi connectivity index (χ0n) is 12.2. The van der Waals surface area contributed by atoms with Crippen molar-refractivity contribution in [3.8, 4) is 0 Å². The summed E-state index contributed by atoms with van der Waals surface area (Å²) in [6, 6.07) is 6.57. The van der Waals surface area contributed by atoms with Crippen molar-refractivity contribution < 1.29 is 9.59 Å². The number of nitrogen functional groups attached to an aromatic ring is 1. The van der Waals surface area contributed by atoms with Crippen molar-refractivity contribution in [2.45, 2.75) is 0 Å². The number of benzene rings is 1. The van der Waals surface area contributed by atoms with Gasteiger partial charge < -0.3 is 20.9 Å². The molecule has 0 radical (unpaired) electrons. The second-order valence-corrected chi connectivity index (χ2v) is 4.92. The third kappa shape index (κ3) is 5.27. The maximum atomic E-state index is 11.8. The lowest BCUT2D eigenvalue weighted by atomic mass is 10.2. The van der Waals surface area contributed by atoms with Crippen LogP contribution in [0.15, 0.2) is 24.3 Å². The summed E-state index contributed by atoms with van der Waals surface area (Å²) in [6.07, 6.45) is 0. The zero-order chi connectivity index (χ0) is 15.1. The molecule has 1 aromatic rings. The second kappa shape index (κ2) is 7.49. The number of carbonyl (C=O) groups excluding carboxylic acids is 2. The minimum atomic E-state index is -0.278. The fourth-order valence-electron chi connectivity index (χ4n) is 1.50. The molecule has 20 heavy (non-hydrogen) atoms. The van der Waals surface area contributed by atoms with Gasteiger partial charge in [0.15, 0.2) is 0 Å². The molecule has 1 aromatic carbocycles. The van der Waals surface area contributed by atoms with Gasteiger partial charge in [-0.2, -0.15) is 0 Å². The molecule has 0 unspecified atom stereocenters. The first-order valence-corrected chi connectivity index (χ1v) is 6.42. The van der Waals surface area contributed by atoms with Crippen LogP contribution in [0.3, 0.4) is 0 Å². The summed E-state index contributed by atoms with van der Waals surface area (Å²) in [4.78, 5) is 27.2. The van der Waals surface area contributed by atoms with Gasteiger partial charge in [0, 0.05) is 31.4 Å². The number of likely N-dealkylation sites (N-methyl/N-ethyl adjacent to an activating group) is 2.